The smallest absolute Gasteiger partial charge is 0.00336 e. The van der Waals surface area contributed by atoms with Crippen molar-refractivity contribution in [3.63, 3.8) is 0 Å². The molecule has 0 heteroatoms. The van der Waals surface area contributed by atoms with Gasteiger partial charge in [-0.2, -0.15) is 0 Å². The number of aryl methyl sites for hydroxylation is 2. The van der Waals surface area contributed by atoms with Gasteiger partial charge in [-0.3, -0.25) is 0 Å². The van der Waals surface area contributed by atoms with Crippen molar-refractivity contribution < 1.29 is 0 Å². The minimum absolute atomic E-state index is 0.388. The van der Waals surface area contributed by atoms with E-state index in [0.29, 0.717) is 5.41 Å². The SMILES string of the molecule is CCc1ccc2c(c1)[CH]C(C)(C)CC2. The lowest BCUT2D eigenvalue weighted by Crippen LogP contribution is -2.20. The normalized spacial score (nSPS) is 19.1. The van der Waals surface area contributed by atoms with Crippen molar-refractivity contribution in [2.24, 2.45) is 5.41 Å². The Morgan fingerprint density at radius 1 is 1.29 bits per heavy atom. The summed E-state index contributed by atoms with van der Waals surface area (Å²) < 4.78 is 0. The van der Waals surface area contributed by atoms with Gasteiger partial charge in [0, 0.05) is 0 Å². The summed E-state index contributed by atoms with van der Waals surface area (Å²) >= 11 is 0. The molecule has 1 aliphatic carbocycles. The second-order valence-corrected chi connectivity index (χ2v) is 5.02. The first-order chi connectivity index (χ1) is 6.61. The van der Waals surface area contributed by atoms with Gasteiger partial charge >= 0.3 is 0 Å². The van der Waals surface area contributed by atoms with Gasteiger partial charge in [-0.05, 0) is 47.8 Å². The van der Waals surface area contributed by atoms with E-state index >= 15 is 0 Å². The van der Waals surface area contributed by atoms with E-state index in [9.17, 15) is 0 Å². The lowest BCUT2D eigenvalue weighted by Gasteiger charge is -2.31. The molecule has 14 heavy (non-hydrogen) atoms. The van der Waals surface area contributed by atoms with Crippen LogP contribution in [0.4, 0.5) is 0 Å². The highest BCUT2D eigenvalue weighted by atomic mass is 14.3. The summed E-state index contributed by atoms with van der Waals surface area (Å²) in [5.74, 6) is 0. The molecule has 75 valence electrons. The van der Waals surface area contributed by atoms with Gasteiger partial charge in [0.1, 0.15) is 0 Å². The Labute approximate surface area is 87.3 Å². The molecule has 0 saturated carbocycles. The average Bonchev–Trinajstić information content (AvgIpc) is 2.15. The van der Waals surface area contributed by atoms with Crippen LogP contribution in [0.5, 0.6) is 0 Å². The van der Waals surface area contributed by atoms with E-state index in [1.54, 1.807) is 0 Å². The van der Waals surface area contributed by atoms with Crippen molar-refractivity contribution in [3.8, 4) is 0 Å². The Kier molecular flexibility index (Phi) is 2.38. The monoisotopic (exact) mass is 187 g/mol. The molecule has 0 saturated heterocycles. The molecule has 0 aliphatic heterocycles. The van der Waals surface area contributed by atoms with E-state index in [1.807, 2.05) is 0 Å². The van der Waals surface area contributed by atoms with Crippen LogP contribution in [-0.2, 0) is 12.8 Å². The molecule has 2 rings (SSSR count). The minimum atomic E-state index is 0.388. The lowest BCUT2D eigenvalue weighted by molar-refractivity contribution is 0.393. The number of hydrogen-bond acceptors (Lipinski definition) is 0. The Hall–Kier alpha value is -0.780. The molecule has 0 atom stereocenters. The fraction of sp³-hybridized carbons (Fsp3) is 0.500. The lowest BCUT2D eigenvalue weighted by atomic mass is 9.74. The first-order valence-electron chi connectivity index (χ1n) is 5.58. The molecular formula is C14H19. The molecule has 0 N–H and O–H groups in total. The third kappa shape index (κ3) is 1.84. The Balaban J connectivity index is 2.34. The van der Waals surface area contributed by atoms with Crippen molar-refractivity contribution in [2.75, 3.05) is 0 Å². The average molecular weight is 187 g/mol. The van der Waals surface area contributed by atoms with E-state index in [4.69, 9.17) is 0 Å². The predicted molar refractivity (Wildman–Crippen MR) is 61.3 cm³/mol. The van der Waals surface area contributed by atoms with Gasteiger partial charge in [0.05, 0.1) is 0 Å². The maximum absolute atomic E-state index is 2.44. The van der Waals surface area contributed by atoms with Crippen LogP contribution in [0, 0.1) is 11.8 Å². The number of fused-ring (bicyclic) bond motifs is 1. The molecule has 0 spiro atoms. The Morgan fingerprint density at radius 3 is 2.79 bits per heavy atom. The largest absolute Gasteiger partial charge is 0.0613 e. The van der Waals surface area contributed by atoms with Crippen LogP contribution in [0.25, 0.3) is 0 Å². The number of hydrogen-bond donors (Lipinski definition) is 0. The van der Waals surface area contributed by atoms with Crippen LogP contribution < -0.4 is 0 Å². The summed E-state index contributed by atoms with van der Waals surface area (Å²) in [6, 6.07) is 6.93. The minimum Gasteiger partial charge on any atom is -0.0613 e. The van der Waals surface area contributed by atoms with Gasteiger partial charge in [-0.15, -0.1) is 0 Å². The van der Waals surface area contributed by atoms with Crippen LogP contribution in [0.3, 0.4) is 0 Å². The van der Waals surface area contributed by atoms with E-state index in [2.05, 4.69) is 45.4 Å². The highest BCUT2D eigenvalue weighted by Gasteiger charge is 2.25. The van der Waals surface area contributed by atoms with Crippen LogP contribution >= 0.6 is 0 Å². The third-order valence-corrected chi connectivity index (χ3v) is 3.20. The van der Waals surface area contributed by atoms with E-state index < -0.39 is 0 Å². The third-order valence-electron chi connectivity index (χ3n) is 3.20. The fourth-order valence-electron chi connectivity index (χ4n) is 2.18. The first kappa shape index (κ1) is 9.76. The molecule has 0 aromatic heterocycles. The van der Waals surface area contributed by atoms with Gasteiger partial charge in [-0.25, -0.2) is 0 Å². The van der Waals surface area contributed by atoms with Crippen molar-refractivity contribution >= 4 is 0 Å². The molecule has 0 amide bonds. The number of benzene rings is 1. The molecular weight excluding hydrogens is 168 g/mol. The zero-order valence-electron chi connectivity index (χ0n) is 9.43. The molecule has 0 nitrogen and oxygen atoms in total. The van der Waals surface area contributed by atoms with E-state index in [-0.39, 0.29) is 0 Å². The molecule has 0 bridgehead atoms. The summed E-state index contributed by atoms with van der Waals surface area (Å²) in [4.78, 5) is 0. The maximum Gasteiger partial charge on any atom is -0.00336 e. The van der Waals surface area contributed by atoms with Crippen molar-refractivity contribution in [1.29, 1.82) is 0 Å². The maximum atomic E-state index is 2.44. The second kappa shape index (κ2) is 3.42. The quantitative estimate of drug-likeness (QED) is 0.627. The molecule has 1 aliphatic rings. The van der Waals surface area contributed by atoms with Crippen molar-refractivity contribution in [1.82, 2.24) is 0 Å². The predicted octanol–water partition coefficient (Wildman–Crippen LogP) is 3.77. The van der Waals surface area contributed by atoms with Gasteiger partial charge in [0.15, 0.2) is 0 Å². The molecule has 1 aromatic rings. The molecule has 0 fully saturated rings. The summed E-state index contributed by atoms with van der Waals surface area (Å²) in [6.45, 7) is 6.87. The van der Waals surface area contributed by atoms with E-state index in [0.717, 1.165) is 6.42 Å². The summed E-state index contributed by atoms with van der Waals surface area (Å²) in [6.07, 6.45) is 6.10. The van der Waals surface area contributed by atoms with Gasteiger partial charge in [0.25, 0.3) is 0 Å². The molecule has 0 heterocycles. The van der Waals surface area contributed by atoms with Crippen LogP contribution in [0.15, 0.2) is 18.2 Å². The highest BCUT2D eigenvalue weighted by molar-refractivity contribution is 5.40. The van der Waals surface area contributed by atoms with Gasteiger partial charge < -0.3 is 0 Å². The van der Waals surface area contributed by atoms with Crippen molar-refractivity contribution in [2.45, 2.75) is 40.0 Å². The molecule has 0 unspecified atom stereocenters. The Bertz CT molecular complexity index is 334. The van der Waals surface area contributed by atoms with Crippen molar-refractivity contribution in [3.05, 3.63) is 41.3 Å². The topological polar surface area (TPSA) is 0 Å². The van der Waals surface area contributed by atoms with Crippen LogP contribution in [0.2, 0.25) is 0 Å². The zero-order valence-corrected chi connectivity index (χ0v) is 9.43. The fourth-order valence-corrected chi connectivity index (χ4v) is 2.18. The number of rotatable bonds is 1. The Morgan fingerprint density at radius 2 is 2.07 bits per heavy atom. The standard InChI is InChI=1S/C14H19/c1-4-11-5-6-12-7-8-14(2,3)10-13(12)9-11/h5-6,9-10H,4,7-8H2,1-3H3. The highest BCUT2D eigenvalue weighted by Crippen LogP contribution is 2.36. The molecule has 1 radical (unpaired) electrons. The first-order valence-corrected chi connectivity index (χ1v) is 5.58. The summed E-state index contributed by atoms with van der Waals surface area (Å²) in [7, 11) is 0. The zero-order chi connectivity index (χ0) is 10.2. The van der Waals surface area contributed by atoms with E-state index in [1.165, 1.54) is 29.5 Å². The van der Waals surface area contributed by atoms with Gasteiger partial charge in [0.2, 0.25) is 0 Å². The van der Waals surface area contributed by atoms with Crippen LogP contribution in [0.1, 0.15) is 43.9 Å². The van der Waals surface area contributed by atoms with Crippen LogP contribution in [-0.4, -0.2) is 0 Å². The van der Waals surface area contributed by atoms with Gasteiger partial charge in [-0.1, -0.05) is 39.0 Å². The molecule has 1 aromatic carbocycles. The summed E-state index contributed by atoms with van der Waals surface area (Å²) in [5.41, 5.74) is 4.85. The second-order valence-electron chi connectivity index (χ2n) is 5.02. The summed E-state index contributed by atoms with van der Waals surface area (Å²) in [5, 5.41) is 0.